The number of hydrogen-bond donors (Lipinski definition) is 1. The van der Waals surface area contributed by atoms with E-state index in [0.717, 1.165) is 48.3 Å². The number of carbonyl (C=O) groups is 1. The number of nitrogens with one attached hydrogen (secondary N) is 1. The Kier molecular flexibility index (Phi) is 9.60. The van der Waals surface area contributed by atoms with E-state index in [0.29, 0.717) is 12.0 Å². The highest BCUT2D eigenvalue weighted by Crippen LogP contribution is 2.29. The summed E-state index contributed by atoms with van der Waals surface area (Å²) in [5.41, 5.74) is 1.10. The molecule has 1 heterocycles. The van der Waals surface area contributed by atoms with Crippen LogP contribution in [0.15, 0.2) is 22.7 Å². The van der Waals surface area contributed by atoms with Gasteiger partial charge in [0.15, 0.2) is 0 Å². The number of carbonyl (C=O) groups excluding carboxylic acids is 1. The fourth-order valence-electron chi connectivity index (χ4n) is 5.02. The molecule has 2 fully saturated rings. The van der Waals surface area contributed by atoms with E-state index in [1.807, 2.05) is 6.07 Å². The van der Waals surface area contributed by atoms with E-state index in [1.165, 1.54) is 51.1 Å². The average Bonchev–Trinajstić information content (AvgIpc) is 2.73. The molecule has 1 saturated heterocycles. The molecular formula is C24H36BrFN2O2. The first kappa shape index (κ1) is 23.7. The molecule has 0 aromatic heterocycles. The van der Waals surface area contributed by atoms with Crippen LogP contribution in [0, 0.1) is 17.7 Å². The Hall–Kier alpha value is -0.980. The Labute approximate surface area is 189 Å². The zero-order valence-electron chi connectivity index (χ0n) is 18.2. The van der Waals surface area contributed by atoms with E-state index in [9.17, 15) is 9.18 Å². The van der Waals surface area contributed by atoms with E-state index < -0.39 is 0 Å². The first-order valence-corrected chi connectivity index (χ1v) is 12.3. The Balaban J connectivity index is 1.28. The number of piperidine rings is 1. The van der Waals surface area contributed by atoms with Crippen LogP contribution in [-0.4, -0.2) is 50.2 Å². The highest BCUT2D eigenvalue weighted by molar-refractivity contribution is 9.10. The van der Waals surface area contributed by atoms with Crippen molar-refractivity contribution in [1.82, 2.24) is 10.2 Å². The Morgan fingerprint density at radius 3 is 2.60 bits per heavy atom. The topological polar surface area (TPSA) is 41.6 Å². The molecule has 1 N–H and O–H groups in total. The largest absolute Gasteiger partial charge is 0.375 e. The predicted molar refractivity (Wildman–Crippen MR) is 122 cm³/mol. The van der Waals surface area contributed by atoms with Crippen LogP contribution in [0.4, 0.5) is 4.39 Å². The van der Waals surface area contributed by atoms with E-state index in [-0.39, 0.29) is 18.3 Å². The Morgan fingerprint density at radius 2 is 1.90 bits per heavy atom. The lowest BCUT2D eigenvalue weighted by Gasteiger charge is -2.33. The molecule has 1 aromatic carbocycles. The number of amides is 1. The van der Waals surface area contributed by atoms with Gasteiger partial charge in [0.05, 0.1) is 0 Å². The molecule has 0 radical (unpaired) electrons. The van der Waals surface area contributed by atoms with E-state index in [4.69, 9.17) is 4.74 Å². The second-order valence-electron chi connectivity index (χ2n) is 9.09. The van der Waals surface area contributed by atoms with Crippen molar-refractivity contribution in [3.63, 3.8) is 0 Å². The Bertz CT molecular complexity index is 671. The predicted octanol–water partition coefficient (Wildman–Crippen LogP) is 4.94. The van der Waals surface area contributed by atoms with Crippen molar-refractivity contribution in [3.05, 3.63) is 34.1 Å². The number of likely N-dealkylation sites (tertiary alicyclic amines) is 1. The number of benzene rings is 1. The summed E-state index contributed by atoms with van der Waals surface area (Å²) in [5.74, 6) is 1.33. The maximum atomic E-state index is 13.5. The highest BCUT2D eigenvalue weighted by Gasteiger charge is 2.23. The van der Waals surface area contributed by atoms with Crippen LogP contribution in [0.1, 0.15) is 56.9 Å². The average molecular weight is 483 g/mol. The van der Waals surface area contributed by atoms with Gasteiger partial charge in [0.1, 0.15) is 12.4 Å². The lowest BCUT2D eigenvalue weighted by atomic mass is 9.83. The molecule has 30 heavy (non-hydrogen) atoms. The summed E-state index contributed by atoms with van der Waals surface area (Å²) in [6.45, 7) is 3.68. The standard InChI is InChI=1S/C24H36BrFN2O2/c1-30-17-24(29)27-22-7-4-18(5-8-22)3-2-12-28-13-10-19(11-14-28)15-20-16-21(26)6-9-23(20)25/h6,9,16,18-19,22H,2-5,7-8,10-15,17H2,1H3,(H,27,29). The van der Waals surface area contributed by atoms with Crippen molar-refractivity contribution in [1.29, 1.82) is 0 Å². The summed E-state index contributed by atoms with van der Waals surface area (Å²) in [7, 11) is 1.56. The molecule has 1 saturated carbocycles. The van der Waals surface area contributed by atoms with Gasteiger partial charge in [0.25, 0.3) is 0 Å². The third-order valence-corrected chi connectivity index (χ3v) is 7.57. The molecule has 2 aliphatic rings. The third-order valence-electron chi connectivity index (χ3n) is 6.80. The van der Waals surface area contributed by atoms with E-state index in [1.54, 1.807) is 13.2 Å². The van der Waals surface area contributed by atoms with Crippen molar-refractivity contribution in [3.8, 4) is 0 Å². The van der Waals surface area contributed by atoms with Gasteiger partial charge in [-0.25, -0.2) is 4.39 Å². The van der Waals surface area contributed by atoms with Crippen LogP contribution >= 0.6 is 15.9 Å². The fourth-order valence-corrected chi connectivity index (χ4v) is 5.43. The lowest BCUT2D eigenvalue weighted by Crippen LogP contribution is -2.39. The second-order valence-corrected chi connectivity index (χ2v) is 9.94. The number of hydrogen-bond acceptors (Lipinski definition) is 3. The number of methoxy groups -OCH3 is 1. The van der Waals surface area contributed by atoms with Gasteiger partial charge >= 0.3 is 0 Å². The minimum absolute atomic E-state index is 0.00843. The molecular weight excluding hydrogens is 447 g/mol. The minimum Gasteiger partial charge on any atom is -0.375 e. The summed E-state index contributed by atoms with van der Waals surface area (Å²) in [4.78, 5) is 14.2. The smallest absolute Gasteiger partial charge is 0.246 e. The number of ether oxygens (including phenoxy) is 1. The second kappa shape index (κ2) is 12.2. The SMILES string of the molecule is COCC(=O)NC1CCC(CCCN2CCC(Cc3cc(F)ccc3Br)CC2)CC1. The number of rotatable bonds is 9. The monoisotopic (exact) mass is 482 g/mol. The molecule has 0 atom stereocenters. The molecule has 1 aliphatic heterocycles. The first-order valence-electron chi connectivity index (χ1n) is 11.5. The maximum Gasteiger partial charge on any atom is 0.246 e. The van der Waals surface area contributed by atoms with Gasteiger partial charge in [0, 0.05) is 17.6 Å². The van der Waals surface area contributed by atoms with Gasteiger partial charge in [-0.15, -0.1) is 0 Å². The molecule has 0 bridgehead atoms. The van der Waals surface area contributed by atoms with Gasteiger partial charge in [-0.3, -0.25) is 4.79 Å². The molecule has 3 rings (SSSR count). The van der Waals surface area contributed by atoms with Crippen LogP contribution < -0.4 is 5.32 Å². The van der Waals surface area contributed by atoms with Crippen LogP contribution in [0.25, 0.3) is 0 Å². The van der Waals surface area contributed by atoms with Gasteiger partial charge in [-0.2, -0.15) is 0 Å². The van der Waals surface area contributed by atoms with Gasteiger partial charge in [-0.1, -0.05) is 15.9 Å². The van der Waals surface area contributed by atoms with Gasteiger partial charge in [0.2, 0.25) is 5.91 Å². The summed E-state index contributed by atoms with van der Waals surface area (Å²) >= 11 is 3.56. The first-order chi connectivity index (χ1) is 14.5. The van der Waals surface area contributed by atoms with E-state index in [2.05, 4.69) is 26.1 Å². The van der Waals surface area contributed by atoms with Gasteiger partial charge < -0.3 is 15.0 Å². The van der Waals surface area contributed by atoms with Gasteiger partial charge in [-0.05, 0) is 113 Å². The number of nitrogens with zero attached hydrogens (tertiary/aromatic N) is 1. The molecule has 1 aromatic rings. The summed E-state index contributed by atoms with van der Waals surface area (Å²) < 4.78 is 19.4. The lowest BCUT2D eigenvalue weighted by molar-refractivity contribution is -0.125. The van der Waals surface area contributed by atoms with Crippen LogP contribution in [0.3, 0.4) is 0 Å². The van der Waals surface area contributed by atoms with Crippen LogP contribution in [0.5, 0.6) is 0 Å². The van der Waals surface area contributed by atoms with Crippen LogP contribution in [-0.2, 0) is 16.0 Å². The third kappa shape index (κ3) is 7.61. The van der Waals surface area contributed by atoms with Crippen molar-refractivity contribution in [2.45, 2.75) is 63.8 Å². The minimum atomic E-state index is -0.142. The Morgan fingerprint density at radius 1 is 1.17 bits per heavy atom. The molecule has 4 nitrogen and oxygen atoms in total. The quantitative estimate of drug-likeness (QED) is 0.541. The molecule has 0 spiro atoms. The van der Waals surface area contributed by atoms with Crippen LogP contribution in [0.2, 0.25) is 0 Å². The van der Waals surface area contributed by atoms with Crippen molar-refractivity contribution in [2.24, 2.45) is 11.8 Å². The zero-order chi connectivity index (χ0) is 21.3. The zero-order valence-corrected chi connectivity index (χ0v) is 19.8. The summed E-state index contributed by atoms with van der Waals surface area (Å²) in [5, 5.41) is 3.08. The summed E-state index contributed by atoms with van der Waals surface area (Å²) in [6, 6.07) is 5.34. The van der Waals surface area contributed by atoms with Crippen molar-refractivity contribution < 1.29 is 13.9 Å². The van der Waals surface area contributed by atoms with E-state index >= 15 is 0 Å². The fraction of sp³-hybridized carbons (Fsp3) is 0.708. The molecule has 1 amide bonds. The molecule has 168 valence electrons. The molecule has 6 heteroatoms. The molecule has 0 unspecified atom stereocenters. The normalized spacial score (nSPS) is 23.4. The summed E-state index contributed by atoms with van der Waals surface area (Å²) in [6.07, 6.45) is 10.6. The maximum absolute atomic E-state index is 13.5. The highest BCUT2D eigenvalue weighted by atomic mass is 79.9. The number of halogens is 2. The van der Waals surface area contributed by atoms with Crippen molar-refractivity contribution >= 4 is 21.8 Å². The van der Waals surface area contributed by atoms with Crippen molar-refractivity contribution in [2.75, 3.05) is 33.4 Å². The molecule has 1 aliphatic carbocycles.